The first kappa shape index (κ1) is 22.3. The zero-order valence-electron chi connectivity index (χ0n) is 17.4. The molecule has 0 saturated heterocycles. The third-order valence-electron chi connectivity index (χ3n) is 5.35. The number of halogens is 1. The summed E-state index contributed by atoms with van der Waals surface area (Å²) in [7, 11) is 0. The van der Waals surface area contributed by atoms with Crippen molar-refractivity contribution in [2.45, 2.75) is 63.7 Å². The molecule has 30 heavy (non-hydrogen) atoms. The van der Waals surface area contributed by atoms with E-state index in [1.165, 1.54) is 42.4 Å². The topological polar surface area (TPSA) is 88.9 Å². The summed E-state index contributed by atoms with van der Waals surface area (Å²) in [6.45, 7) is 4.72. The molecule has 3 rings (SSSR count). The van der Waals surface area contributed by atoms with Gasteiger partial charge in [-0.15, -0.1) is 10.2 Å². The first-order valence-electron chi connectivity index (χ1n) is 10.4. The summed E-state index contributed by atoms with van der Waals surface area (Å²) in [5.74, 6) is 0.689. The second kappa shape index (κ2) is 10.6. The van der Waals surface area contributed by atoms with E-state index in [4.69, 9.17) is 0 Å². The summed E-state index contributed by atoms with van der Waals surface area (Å²) in [6.07, 6.45) is 4.64. The zero-order chi connectivity index (χ0) is 21.5. The average Bonchev–Trinajstić information content (AvgIpc) is 3.11. The number of amides is 2. The first-order chi connectivity index (χ1) is 14.5. The van der Waals surface area contributed by atoms with Crippen molar-refractivity contribution in [3.8, 4) is 0 Å². The number of anilines is 1. The summed E-state index contributed by atoms with van der Waals surface area (Å²) in [5.41, 5.74) is 0.521. The van der Waals surface area contributed by atoms with Gasteiger partial charge in [0.1, 0.15) is 11.6 Å². The largest absolute Gasteiger partial charge is 0.352 e. The number of carbonyl (C=O) groups excluding carboxylic acids is 2. The molecule has 162 valence electrons. The molecule has 1 saturated carbocycles. The molecule has 0 bridgehead atoms. The summed E-state index contributed by atoms with van der Waals surface area (Å²) in [6, 6.07) is 5.84. The van der Waals surface area contributed by atoms with Crippen LogP contribution in [0.5, 0.6) is 0 Å². The maximum Gasteiger partial charge on any atom is 0.232 e. The van der Waals surface area contributed by atoms with E-state index in [1.54, 1.807) is 0 Å². The molecule has 2 aromatic rings. The predicted octanol–water partition coefficient (Wildman–Crippen LogP) is 3.41. The third kappa shape index (κ3) is 6.04. The molecule has 0 spiro atoms. The molecule has 2 amide bonds. The Hall–Kier alpha value is -2.42. The minimum absolute atomic E-state index is 0.00000550. The molecule has 1 aliphatic rings. The fourth-order valence-corrected chi connectivity index (χ4v) is 4.50. The predicted molar refractivity (Wildman–Crippen MR) is 115 cm³/mol. The Balaban J connectivity index is 1.53. The maximum absolute atomic E-state index is 13.0. The summed E-state index contributed by atoms with van der Waals surface area (Å²) >= 11 is 1.33. The normalized spacial score (nSPS) is 18.8. The lowest BCUT2D eigenvalue weighted by atomic mass is 9.86. The number of hydrogen-bond donors (Lipinski definition) is 2. The van der Waals surface area contributed by atoms with E-state index in [2.05, 4.69) is 27.8 Å². The van der Waals surface area contributed by atoms with Gasteiger partial charge in [0, 0.05) is 18.3 Å². The highest BCUT2D eigenvalue weighted by Crippen LogP contribution is 2.24. The van der Waals surface area contributed by atoms with Crippen LogP contribution in [0.1, 0.15) is 45.4 Å². The van der Waals surface area contributed by atoms with Crippen LogP contribution in [0.25, 0.3) is 0 Å². The van der Waals surface area contributed by atoms with Gasteiger partial charge in [0.2, 0.25) is 11.8 Å². The second-order valence-electron chi connectivity index (χ2n) is 7.60. The molecule has 1 aliphatic carbocycles. The van der Waals surface area contributed by atoms with E-state index in [9.17, 15) is 14.0 Å². The van der Waals surface area contributed by atoms with Gasteiger partial charge in [-0.2, -0.15) is 0 Å². The molecule has 2 atom stereocenters. The first-order valence-corrected chi connectivity index (χ1v) is 11.3. The van der Waals surface area contributed by atoms with Gasteiger partial charge in [0.05, 0.1) is 12.2 Å². The summed E-state index contributed by atoms with van der Waals surface area (Å²) < 4.78 is 14.8. The van der Waals surface area contributed by atoms with E-state index in [0.29, 0.717) is 29.1 Å². The van der Waals surface area contributed by atoms with Gasteiger partial charge in [-0.3, -0.25) is 9.59 Å². The van der Waals surface area contributed by atoms with Gasteiger partial charge in [-0.05, 0) is 49.9 Å². The van der Waals surface area contributed by atoms with Crippen LogP contribution in [0.3, 0.4) is 0 Å². The van der Waals surface area contributed by atoms with E-state index in [1.807, 2.05) is 11.5 Å². The van der Waals surface area contributed by atoms with Crippen LogP contribution in [0.4, 0.5) is 10.1 Å². The highest BCUT2D eigenvalue weighted by molar-refractivity contribution is 7.99. The fourth-order valence-electron chi connectivity index (χ4n) is 3.67. The highest BCUT2D eigenvalue weighted by atomic mass is 32.2. The van der Waals surface area contributed by atoms with Crippen LogP contribution in [0, 0.1) is 11.7 Å². The van der Waals surface area contributed by atoms with Crippen molar-refractivity contribution in [2.24, 2.45) is 5.92 Å². The number of nitrogens with one attached hydrogen (secondary N) is 2. The molecular formula is C21H28FN5O2S. The lowest BCUT2D eigenvalue weighted by Gasteiger charge is -2.29. The van der Waals surface area contributed by atoms with Crippen molar-refractivity contribution in [1.82, 2.24) is 20.1 Å². The molecular weight excluding hydrogens is 405 g/mol. The molecule has 7 nitrogen and oxygen atoms in total. The smallest absolute Gasteiger partial charge is 0.232 e. The van der Waals surface area contributed by atoms with Crippen LogP contribution >= 0.6 is 11.8 Å². The van der Waals surface area contributed by atoms with Gasteiger partial charge in [-0.25, -0.2) is 4.39 Å². The van der Waals surface area contributed by atoms with Gasteiger partial charge < -0.3 is 15.2 Å². The van der Waals surface area contributed by atoms with Crippen molar-refractivity contribution in [2.75, 3.05) is 11.1 Å². The highest BCUT2D eigenvalue weighted by Gasteiger charge is 2.23. The Bertz CT molecular complexity index is 871. The number of benzene rings is 1. The minimum atomic E-state index is -0.359. The molecule has 1 aromatic carbocycles. The van der Waals surface area contributed by atoms with E-state index in [0.717, 1.165) is 19.3 Å². The average molecular weight is 434 g/mol. The Morgan fingerprint density at radius 3 is 2.60 bits per heavy atom. The molecule has 0 radical (unpaired) electrons. The van der Waals surface area contributed by atoms with Gasteiger partial charge in [-0.1, -0.05) is 31.5 Å². The quantitative estimate of drug-likeness (QED) is 0.623. The molecule has 0 aliphatic heterocycles. The molecule has 1 heterocycles. The second-order valence-corrected chi connectivity index (χ2v) is 8.54. The standard InChI is InChI=1S/C21H28FN5O2S/c1-3-27-18(12-19(28)23-16-10-8-15(22)9-11-16)25-26-21(27)30-13-20(29)24-17-7-5-4-6-14(17)2/h8-11,14,17H,3-7,12-13H2,1-2H3,(H,23,28)(H,24,29)/t14-,17-/m0/s1. The van der Waals surface area contributed by atoms with Crippen LogP contribution in [-0.4, -0.2) is 38.4 Å². The van der Waals surface area contributed by atoms with Crippen molar-refractivity contribution >= 4 is 29.3 Å². The third-order valence-corrected chi connectivity index (χ3v) is 6.31. The van der Waals surface area contributed by atoms with Crippen LogP contribution in [0.15, 0.2) is 29.4 Å². The number of nitrogens with zero attached hydrogens (tertiary/aromatic N) is 3. The number of carbonyl (C=O) groups is 2. The molecule has 9 heteroatoms. The van der Waals surface area contributed by atoms with Crippen LogP contribution in [0.2, 0.25) is 0 Å². The van der Waals surface area contributed by atoms with Crippen molar-refractivity contribution in [3.63, 3.8) is 0 Å². The van der Waals surface area contributed by atoms with Gasteiger partial charge in [0.15, 0.2) is 5.16 Å². The molecule has 1 fully saturated rings. The lowest BCUT2D eigenvalue weighted by molar-refractivity contribution is -0.120. The number of hydrogen-bond acceptors (Lipinski definition) is 5. The minimum Gasteiger partial charge on any atom is -0.352 e. The monoisotopic (exact) mass is 433 g/mol. The Morgan fingerprint density at radius 2 is 1.90 bits per heavy atom. The summed E-state index contributed by atoms with van der Waals surface area (Å²) in [4.78, 5) is 24.7. The zero-order valence-corrected chi connectivity index (χ0v) is 18.2. The lowest BCUT2D eigenvalue weighted by Crippen LogP contribution is -2.41. The maximum atomic E-state index is 13.0. The van der Waals surface area contributed by atoms with Crippen LogP contribution < -0.4 is 10.6 Å². The number of thioether (sulfide) groups is 1. The Labute approximate surface area is 180 Å². The van der Waals surface area contributed by atoms with Crippen LogP contribution in [-0.2, 0) is 22.6 Å². The Morgan fingerprint density at radius 1 is 1.17 bits per heavy atom. The van der Waals surface area contributed by atoms with Gasteiger partial charge in [0.25, 0.3) is 0 Å². The SMILES string of the molecule is CCn1c(CC(=O)Nc2ccc(F)cc2)nnc1SCC(=O)N[C@H]1CCCC[C@@H]1C. The Kier molecular flexibility index (Phi) is 7.84. The van der Waals surface area contributed by atoms with Crippen molar-refractivity contribution in [1.29, 1.82) is 0 Å². The molecule has 1 aromatic heterocycles. The number of rotatable bonds is 8. The molecule has 2 N–H and O–H groups in total. The fraction of sp³-hybridized carbons (Fsp3) is 0.524. The number of aromatic nitrogens is 3. The molecule has 0 unspecified atom stereocenters. The van der Waals surface area contributed by atoms with Gasteiger partial charge >= 0.3 is 0 Å². The van der Waals surface area contributed by atoms with Crippen molar-refractivity contribution < 1.29 is 14.0 Å². The van der Waals surface area contributed by atoms with E-state index in [-0.39, 0.29) is 35.8 Å². The van der Waals surface area contributed by atoms with E-state index < -0.39 is 0 Å². The van der Waals surface area contributed by atoms with E-state index >= 15 is 0 Å². The van der Waals surface area contributed by atoms with Crippen molar-refractivity contribution in [3.05, 3.63) is 35.9 Å². The summed E-state index contributed by atoms with van der Waals surface area (Å²) in [5, 5.41) is 14.8.